The van der Waals surface area contributed by atoms with Crippen LogP contribution in [-0.4, -0.2) is 66.9 Å². The molecule has 2 amide bonds. The van der Waals surface area contributed by atoms with Gasteiger partial charge in [0.05, 0.1) is 11.7 Å². The van der Waals surface area contributed by atoms with Crippen molar-refractivity contribution in [3.8, 4) is 0 Å². The van der Waals surface area contributed by atoms with Gasteiger partial charge in [0.25, 0.3) is 5.91 Å². The second kappa shape index (κ2) is 9.69. The summed E-state index contributed by atoms with van der Waals surface area (Å²) in [7, 11) is 5.57. The number of nitrogens with two attached hydrogens (primary N) is 1. The second-order valence-electron chi connectivity index (χ2n) is 10.8. The monoisotopic (exact) mass is 509 g/mol. The van der Waals surface area contributed by atoms with Crippen LogP contribution in [0.2, 0.25) is 5.02 Å². The Hall–Kier alpha value is -3.20. The van der Waals surface area contributed by atoms with E-state index in [2.05, 4.69) is 43.0 Å². The molecule has 36 heavy (non-hydrogen) atoms. The average Bonchev–Trinajstić information content (AvgIpc) is 3.03. The van der Waals surface area contributed by atoms with Crippen molar-refractivity contribution < 1.29 is 9.59 Å². The zero-order valence-corrected chi connectivity index (χ0v) is 22.8. The molecular formula is C24H34B2ClN7O2. The first-order chi connectivity index (χ1) is 16.6. The third-order valence-corrected chi connectivity index (χ3v) is 6.71. The van der Waals surface area contributed by atoms with E-state index in [1.165, 1.54) is 6.08 Å². The van der Waals surface area contributed by atoms with E-state index in [1.54, 1.807) is 29.5 Å². The van der Waals surface area contributed by atoms with Gasteiger partial charge in [0.15, 0.2) is 0 Å². The minimum absolute atomic E-state index is 0.122. The molecule has 9 nitrogen and oxygen atoms in total. The number of carbonyl (C=O) groups is 2. The van der Waals surface area contributed by atoms with E-state index in [9.17, 15) is 9.59 Å². The summed E-state index contributed by atoms with van der Waals surface area (Å²) in [6, 6.07) is 3.41. The Bertz CT molecular complexity index is 1240. The number of nitrogens with zero attached hydrogens (tertiary/aromatic N) is 3. The first-order valence-electron chi connectivity index (χ1n) is 11.8. The van der Waals surface area contributed by atoms with Gasteiger partial charge in [-0.15, -0.1) is 0 Å². The average molecular weight is 510 g/mol. The Balaban J connectivity index is 1.81. The molecule has 0 aliphatic carbocycles. The van der Waals surface area contributed by atoms with Crippen molar-refractivity contribution in [3.05, 3.63) is 58.1 Å². The van der Waals surface area contributed by atoms with Crippen LogP contribution in [0.1, 0.15) is 53.9 Å². The molecule has 0 unspecified atom stereocenters. The number of benzene rings is 1. The number of amides is 2. The fourth-order valence-electron chi connectivity index (χ4n) is 4.46. The number of nitrogens with one attached hydrogen (secondary N) is 3. The zero-order valence-electron chi connectivity index (χ0n) is 22.0. The van der Waals surface area contributed by atoms with E-state index in [0.717, 1.165) is 5.56 Å². The van der Waals surface area contributed by atoms with Crippen LogP contribution in [-0.2, 0) is 22.6 Å². The lowest BCUT2D eigenvalue weighted by molar-refractivity contribution is -0.130. The summed E-state index contributed by atoms with van der Waals surface area (Å²) in [4.78, 5) is 31.0. The molecule has 1 aromatic carbocycles. The van der Waals surface area contributed by atoms with Crippen molar-refractivity contribution in [1.29, 1.82) is 5.41 Å². The SMILES string of the molecule is BC(B)(NC(=N)c1cc(C(C)(C)C)c(Cl)cc1N)c1nc(C)c(C(=O)NC2CN(C(=O)C=C)C2)n1C. The standard InChI is InChI=1S/C24H34B2ClN7O2/c1-7-18(35)34-10-13(11-34)31-21(36)19-12(2)30-22(33(19)6)24(25,26)32-20(29)14-8-15(23(3,4)5)16(27)9-17(14)28/h7-9,13H,1,10-11,25-26,28H2,2-6H3,(H2,29,32)(H,31,36). The molecule has 2 aromatic rings. The van der Waals surface area contributed by atoms with E-state index in [0.29, 0.717) is 46.6 Å². The van der Waals surface area contributed by atoms with Crippen molar-refractivity contribution >= 4 is 50.6 Å². The predicted molar refractivity (Wildman–Crippen MR) is 149 cm³/mol. The zero-order chi connectivity index (χ0) is 27.2. The first-order valence-corrected chi connectivity index (χ1v) is 12.2. The molecule has 0 bridgehead atoms. The van der Waals surface area contributed by atoms with Gasteiger partial charge < -0.3 is 25.8 Å². The summed E-state index contributed by atoms with van der Waals surface area (Å²) in [5, 5.41) is 14.7. The number of imidazole rings is 1. The lowest BCUT2D eigenvalue weighted by Gasteiger charge is -2.38. The fraction of sp³-hybridized carbons (Fsp3) is 0.417. The van der Waals surface area contributed by atoms with Gasteiger partial charge in [-0.25, -0.2) is 4.98 Å². The fourth-order valence-corrected chi connectivity index (χ4v) is 4.91. The molecule has 0 spiro atoms. The van der Waals surface area contributed by atoms with Crippen molar-refractivity contribution in [3.63, 3.8) is 0 Å². The molecule has 0 radical (unpaired) electrons. The topological polar surface area (TPSA) is 129 Å². The van der Waals surface area contributed by atoms with E-state index >= 15 is 0 Å². The van der Waals surface area contributed by atoms with E-state index in [1.807, 2.05) is 21.8 Å². The van der Waals surface area contributed by atoms with Crippen molar-refractivity contribution in [2.45, 2.75) is 44.5 Å². The Kier molecular flexibility index (Phi) is 7.37. The largest absolute Gasteiger partial charge is 0.398 e. The third-order valence-electron chi connectivity index (χ3n) is 6.40. The summed E-state index contributed by atoms with van der Waals surface area (Å²) < 4.78 is 1.74. The van der Waals surface area contributed by atoms with E-state index in [4.69, 9.17) is 22.7 Å². The molecule has 1 aromatic heterocycles. The third kappa shape index (κ3) is 5.31. The molecule has 1 aliphatic heterocycles. The molecule has 0 saturated carbocycles. The Morgan fingerprint density at radius 1 is 1.31 bits per heavy atom. The maximum Gasteiger partial charge on any atom is 0.270 e. The maximum absolute atomic E-state index is 13.0. The van der Waals surface area contributed by atoms with Gasteiger partial charge in [-0.1, -0.05) is 39.0 Å². The number of aromatic nitrogens is 2. The van der Waals surface area contributed by atoms with Crippen LogP contribution in [0.3, 0.4) is 0 Å². The molecule has 0 atom stereocenters. The minimum Gasteiger partial charge on any atom is -0.398 e. The molecule has 3 rings (SSSR count). The quantitative estimate of drug-likeness (QED) is 0.147. The predicted octanol–water partition coefficient (Wildman–Crippen LogP) is 0.380. The van der Waals surface area contributed by atoms with Gasteiger partial charge in [-0.3, -0.25) is 15.0 Å². The molecule has 1 fully saturated rings. The Morgan fingerprint density at radius 3 is 2.47 bits per heavy atom. The Morgan fingerprint density at radius 2 is 1.92 bits per heavy atom. The van der Waals surface area contributed by atoms with Crippen LogP contribution in [0, 0.1) is 12.3 Å². The number of likely N-dealkylation sites (tertiary alicyclic amines) is 1. The number of hydrogen-bond donors (Lipinski definition) is 4. The van der Waals surface area contributed by atoms with Crippen LogP contribution in [0.25, 0.3) is 0 Å². The highest BCUT2D eigenvalue weighted by atomic mass is 35.5. The van der Waals surface area contributed by atoms with Gasteiger partial charge in [-0.05, 0) is 36.1 Å². The number of rotatable bonds is 6. The number of nitrogen functional groups attached to an aromatic ring is 1. The molecule has 5 N–H and O–H groups in total. The van der Waals surface area contributed by atoms with Gasteiger partial charge in [0.2, 0.25) is 5.91 Å². The Labute approximate surface area is 219 Å². The van der Waals surface area contributed by atoms with Crippen LogP contribution in [0.15, 0.2) is 24.8 Å². The lowest BCUT2D eigenvalue weighted by atomic mass is 9.61. The normalized spacial score (nSPS) is 14.2. The van der Waals surface area contributed by atoms with Gasteiger partial charge in [0.1, 0.15) is 33.0 Å². The number of aryl methyl sites for hydroxylation is 1. The van der Waals surface area contributed by atoms with Crippen molar-refractivity contribution in [2.24, 2.45) is 7.05 Å². The summed E-state index contributed by atoms with van der Waals surface area (Å²) in [5.41, 5.74) is 8.86. The maximum atomic E-state index is 13.0. The minimum atomic E-state index is -0.799. The second-order valence-corrected chi connectivity index (χ2v) is 11.2. The molecule has 12 heteroatoms. The molecule has 2 heterocycles. The van der Waals surface area contributed by atoms with Crippen LogP contribution in [0.4, 0.5) is 5.69 Å². The smallest absolute Gasteiger partial charge is 0.270 e. The highest BCUT2D eigenvalue weighted by molar-refractivity contribution is 6.40. The van der Waals surface area contributed by atoms with Crippen LogP contribution in [0.5, 0.6) is 0 Å². The number of amidine groups is 1. The van der Waals surface area contributed by atoms with E-state index in [-0.39, 0.29) is 29.1 Å². The highest BCUT2D eigenvalue weighted by Gasteiger charge is 2.34. The van der Waals surface area contributed by atoms with Crippen molar-refractivity contribution in [1.82, 2.24) is 25.1 Å². The summed E-state index contributed by atoms with van der Waals surface area (Å²) >= 11 is 6.43. The van der Waals surface area contributed by atoms with Crippen molar-refractivity contribution in [2.75, 3.05) is 18.8 Å². The van der Waals surface area contributed by atoms with E-state index < -0.39 is 5.34 Å². The summed E-state index contributed by atoms with van der Waals surface area (Å²) in [6.07, 6.45) is 1.27. The molecular weight excluding hydrogens is 475 g/mol. The lowest BCUT2D eigenvalue weighted by Crippen LogP contribution is -2.60. The first kappa shape index (κ1) is 27.4. The summed E-state index contributed by atoms with van der Waals surface area (Å²) in [6.45, 7) is 12.3. The van der Waals surface area contributed by atoms with Crippen LogP contribution >= 0.6 is 11.6 Å². The number of halogens is 1. The van der Waals surface area contributed by atoms with Gasteiger partial charge in [0, 0.05) is 41.7 Å². The van der Waals surface area contributed by atoms with Crippen LogP contribution < -0.4 is 16.4 Å². The van der Waals surface area contributed by atoms with Gasteiger partial charge in [-0.2, -0.15) is 0 Å². The number of anilines is 1. The highest BCUT2D eigenvalue weighted by Crippen LogP contribution is 2.33. The number of hydrogen-bond acceptors (Lipinski definition) is 5. The van der Waals surface area contributed by atoms with Gasteiger partial charge >= 0.3 is 0 Å². The molecule has 1 saturated heterocycles. The summed E-state index contributed by atoms with van der Waals surface area (Å²) in [5.74, 6) is 0.320. The molecule has 190 valence electrons. The molecule has 1 aliphatic rings. The number of carbonyl (C=O) groups excluding carboxylic acids is 2.